The molecule has 0 unspecified atom stereocenters. The molecule has 2 aromatic rings. The highest BCUT2D eigenvalue weighted by Crippen LogP contribution is 2.36. The zero-order valence-electron chi connectivity index (χ0n) is 21.2. The van der Waals surface area contributed by atoms with Gasteiger partial charge in [0.05, 0.1) is 17.2 Å². The topological polar surface area (TPSA) is 117 Å². The van der Waals surface area contributed by atoms with Gasteiger partial charge in [0.1, 0.15) is 4.61 Å². The van der Waals surface area contributed by atoms with Crippen LogP contribution in [0.1, 0.15) is 41.7 Å². The summed E-state index contributed by atoms with van der Waals surface area (Å²) in [5.74, 6) is -0.806. The van der Waals surface area contributed by atoms with Gasteiger partial charge in [-0.3, -0.25) is 14.4 Å². The summed E-state index contributed by atoms with van der Waals surface area (Å²) in [7, 11) is 0. The molecule has 1 aliphatic rings. The first-order valence-electron chi connectivity index (χ1n) is 12.3. The molecule has 12 heteroatoms. The molecule has 1 aliphatic heterocycles. The molecule has 8 nitrogen and oxygen atoms in total. The molecule has 3 atom stereocenters. The van der Waals surface area contributed by atoms with E-state index in [1.807, 2.05) is 22.6 Å². The van der Waals surface area contributed by atoms with Gasteiger partial charge in [0.15, 0.2) is 5.78 Å². The van der Waals surface area contributed by atoms with Crippen LogP contribution in [0.3, 0.4) is 0 Å². The Labute approximate surface area is 242 Å². The quantitative estimate of drug-likeness (QED) is 0.0774. The van der Waals surface area contributed by atoms with E-state index in [1.165, 1.54) is 36.4 Å². The molecule has 0 spiro atoms. The van der Waals surface area contributed by atoms with Crippen LogP contribution >= 0.6 is 22.6 Å². The molecule has 1 fully saturated rings. The van der Waals surface area contributed by atoms with Gasteiger partial charge in [0.2, 0.25) is 11.8 Å². The molecule has 212 valence electrons. The van der Waals surface area contributed by atoms with Crippen LogP contribution < -0.4 is 10.6 Å². The van der Waals surface area contributed by atoms with Crippen LogP contribution in [0.4, 0.5) is 13.2 Å². The van der Waals surface area contributed by atoms with E-state index >= 15 is 0 Å². The van der Waals surface area contributed by atoms with Crippen LogP contribution in [0.25, 0.3) is 11.3 Å². The normalized spacial score (nSPS) is 16.7. The number of rotatable bonds is 12. The van der Waals surface area contributed by atoms with Gasteiger partial charge in [0.25, 0.3) is 0 Å². The second-order valence-electron chi connectivity index (χ2n) is 9.12. The van der Waals surface area contributed by atoms with Crippen LogP contribution in [0.2, 0.25) is 0 Å². The smallest absolute Gasteiger partial charge is 0.417 e. The van der Waals surface area contributed by atoms with Crippen molar-refractivity contribution in [3.8, 4) is 23.6 Å². The number of terminal acetylenes is 1. The number of esters is 1. The number of nitrogens with one attached hydrogen (secondary N) is 3. The Bertz CT molecular complexity index is 1310. The molecule has 2 amide bonds. The highest BCUT2D eigenvalue weighted by atomic mass is 127. The number of ketones is 1. The lowest BCUT2D eigenvalue weighted by Crippen LogP contribution is -2.40. The van der Waals surface area contributed by atoms with Crippen LogP contribution in [-0.4, -0.2) is 45.8 Å². The summed E-state index contributed by atoms with van der Waals surface area (Å²) in [6, 6.07) is 7.00. The number of carbonyl (C=O) groups excluding carboxylic acids is 4. The first kappa shape index (κ1) is 30.9. The number of H-pyrrole nitrogens is 1. The van der Waals surface area contributed by atoms with Gasteiger partial charge in [-0.15, -0.1) is 12.3 Å². The van der Waals surface area contributed by atoms with Crippen molar-refractivity contribution in [1.29, 1.82) is 0 Å². The van der Waals surface area contributed by atoms with E-state index in [4.69, 9.17) is 11.2 Å². The van der Waals surface area contributed by atoms with Crippen molar-refractivity contribution in [2.45, 2.75) is 37.9 Å². The van der Waals surface area contributed by atoms with E-state index in [-0.39, 0.29) is 52.7 Å². The molecular formula is C28H27F3IN3O5. The van der Waals surface area contributed by atoms with Crippen molar-refractivity contribution in [1.82, 2.24) is 15.6 Å². The van der Waals surface area contributed by atoms with Crippen molar-refractivity contribution >= 4 is 46.2 Å². The first-order valence-corrected chi connectivity index (χ1v) is 13.9. The highest BCUT2D eigenvalue weighted by molar-refractivity contribution is 14.1. The molecule has 1 aromatic heterocycles. The van der Waals surface area contributed by atoms with E-state index in [0.717, 1.165) is 12.1 Å². The number of aromatic amines is 1. The molecule has 3 rings (SSSR count). The lowest BCUT2D eigenvalue weighted by molar-refractivity contribution is -0.137. The fourth-order valence-corrected chi connectivity index (χ4v) is 4.68. The summed E-state index contributed by atoms with van der Waals surface area (Å²) >= 11 is 1.86. The average molecular weight is 669 g/mol. The van der Waals surface area contributed by atoms with Crippen molar-refractivity contribution in [3.05, 3.63) is 59.8 Å². The Morgan fingerprint density at radius 1 is 1.23 bits per heavy atom. The summed E-state index contributed by atoms with van der Waals surface area (Å²) < 4.78 is 45.3. The average Bonchev–Trinajstić information content (AvgIpc) is 3.56. The number of ether oxygens (including phenoxy) is 1. The molecule has 40 heavy (non-hydrogen) atoms. The van der Waals surface area contributed by atoms with Crippen molar-refractivity contribution in [2.75, 3.05) is 11.2 Å². The van der Waals surface area contributed by atoms with E-state index in [1.54, 1.807) is 0 Å². The van der Waals surface area contributed by atoms with Crippen LogP contribution in [0.15, 0.2) is 48.6 Å². The molecular weight excluding hydrogens is 642 g/mol. The lowest BCUT2D eigenvalue weighted by Gasteiger charge is -2.21. The van der Waals surface area contributed by atoms with E-state index in [9.17, 15) is 32.3 Å². The minimum atomic E-state index is -4.58. The number of benzene rings is 1. The monoisotopic (exact) mass is 669 g/mol. The van der Waals surface area contributed by atoms with Crippen LogP contribution in [-0.2, 0) is 25.3 Å². The molecule has 0 aliphatic carbocycles. The minimum absolute atomic E-state index is 0.0300. The van der Waals surface area contributed by atoms with E-state index in [2.05, 4.69) is 21.5 Å². The lowest BCUT2D eigenvalue weighted by atomic mass is 9.94. The maximum absolute atomic E-state index is 13.4. The van der Waals surface area contributed by atoms with Gasteiger partial charge < -0.3 is 20.4 Å². The predicted molar refractivity (Wildman–Crippen MR) is 149 cm³/mol. The highest BCUT2D eigenvalue weighted by Gasteiger charge is 2.34. The molecule has 0 bridgehead atoms. The summed E-state index contributed by atoms with van der Waals surface area (Å²) in [4.78, 5) is 52.8. The standard InChI is InChI=1S/C28H27F3IN3O5/c1-2-5-17(27(39)34-19(8-11-25(37)40-16-32)14-18-12-13-33-26(18)38)15-24(36)23-10-9-22(35-23)20-6-3-4-7-21(20)28(29,30)31/h1,3-4,6-11,17-19,35H,5,12-16H2,(H,33,38)(H,34,39)/b11-8+/t17-,18+,19-/m1/s1. The SMILES string of the molecule is C#CC[C@H](CC(=O)c1ccc(-c2ccccc2C(F)(F)F)[nH]1)C(=O)N[C@H](/C=C/C(=O)OCI)C[C@@H]1CCNC1=O. The summed E-state index contributed by atoms with van der Waals surface area (Å²) in [5.41, 5.74) is -0.827. The van der Waals surface area contributed by atoms with Crippen molar-refractivity contribution in [2.24, 2.45) is 11.8 Å². The number of hydrogen-bond acceptors (Lipinski definition) is 5. The fraction of sp³-hybridized carbons (Fsp3) is 0.357. The van der Waals surface area contributed by atoms with Gasteiger partial charge in [-0.1, -0.05) is 24.3 Å². The first-order chi connectivity index (χ1) is 19.0. The maximum Gasteiger partial charge on any atom is 0.417 e. The molecule has 0 saturated carbocycles. The van der Waals surface area contributed by atoms with E-state index < -0.39 is 41.4 Å². The maximum atomic E-state index is 13.4. The Morgan fingerprint density at radius 2 is 1.98 bits per heavy atom. The van der Waals surface area contributed by atoms with Gasteiger partial charge in [-0.05, 0) is 53.6 Å². The second-order valence-corrected chi connectivity index (χ2v) is 9.74. The number of alkyl halides is 4. The number of aromatic nitrogens is 1. The van der Waals surface area contributed by atoms with Gasteiger partial charge >= 0.3 is 12.1 Å². The Morgan fingerprint density at radius 3 is 2.62 bits per heavy atom. The van der Waals surface area contributed by atoms with Gasteiger partial charge in [-0.25, -0.2) is 4.79 Å². The Kier molecular flexibility index (Phi) is 10.9. The number of Topliss-reactive ketones (excluding diaryl/α,β-unsaturated/α-hetero) is 1. The van der Waals surface area contributed by atoms with Crippen molar-refractivity contribution in [3.63, 3.8) is 0 Å². The number of hydrogen-bond donors (Lipinski definition) is 3. The number of amides is 2. The molecule has 1 aromatic carbocycles. The fourth-order valence-electron chi connectivity index (χ4n) is 4.37. The number of halogens is 4. The third kappa shape index (κ3) is 8.45. The molecule has 1 saturated heterocycles. The largest absolute Gasteiger partial charge is 0.452 e. The third-order valence-corrected chi connectivity index (χ3v) is 6.68. The second kappa shape index (κ2) is 14.2. The zero-order valence-corrected chi connectivity index (χ0v) is 23.4. The van der Waals surface area contributed by atoms with Gasteiger partial charge in [-0.2, -0.15) is 13.2 Å². The summed E-state index contributed by atoms with van der Waals surface area (Å²) in [6.07, 6.45) is 3.85. The number of carbonyl (C=O) groups is 4. The van der Waals surface area contributed by atoms with E-state index in [0.29, 0.717) is 13.0 Å². The summed E-state index contributed by atoms with van der Waals surface area (Å²) in [6.45, 7) is 0.505. The zero-order chi connectivity index (χ0) is 29.3. The van der Waals surface area contributed by atoms with Gasteiger partial charge in [0, 0.05) is 48.7 Å². The Balaban J connectivity index is 1.74. The third-order valence-electron chi connectivity index (χ3n) is 6.37. The Hall–Kier alpha value is -3.60. The van der Waals surface area contributed by atoms with Crippen LogP contribution in [0, 0.1) is 24.2 Å². The molecule has 0 radical (unpaired) electrons. The van der Waals surface area contributed by atoms with Crippen LogP contribution in [0.5, 0.6) is 0 Å². The minimum Gasteiger partial charge on any atom is -0.452 e. The van der Waals surface area contributed by atoms with Crippen molar-refractivity contribution < 1.29 is 37.1 Å². The summed E-state index contributed by atoms with van der Waals surface area (Å²) in [5, 5.41) is 5.48. The molecule has 3 N–H and O–H groups in total. The molecule has 2 heterocycles. The predicted octanol–water partition coefficient (Wildman–Crippen LogP) is 4.42.